The summed E-state index contributed by atoms with van der Waals surface area (Å²) in [5, 5.41) is 6.43. The normalized spacial score (nSPS) is 14.5. The van der Waals surface area contributed by atoms with E-state index in [9.17, 15) is 17.6 Å². The monoisotopic (exact) mass is 367 g/mol. The summed E-state index contributed by atoms with van der Waals surface area (Å²) < 4.78 is 44.8. The molecular weight excluding hydrogens is 349 g/mol. The molecule has 0 bridgehead atoms. The van der Waals surface area contributed by atoms with Crippen molar-refractivity contribution >= 4 is 15.9 Å². The molecule has 1 aromatic carbocycles. The van der Waals surface area contributed by atoms with E-state index >= 15 is 0 Å². The van der Waals surface area contributed by atoms with E-state index in [-0.39, 0.29) is 17.0 Å². The Bertz CT molecular complexity index is 891. The van der Waals surface area contributed by atoms with E-state index in [2.05, 4.69) is 15.2 Å². The highest BCUT2D eigenvalue weighted by Crippen LogP contribution is 2.40. The van der Waals surface area contributed by atoms with E-state index in [0.717, 1.165) is 30.7 Å². The number of hydrogen-bond acceptors (Lipinski definition) is 5. The number of sulfonamides is 1. The first-order chi connectivity index (χ1) is 11.8. The van der Waals surface area contributed by atoms with Gasteiger partial charge >= 0.3 is 0 Å². The molecule has 0 atom stereocenters. The second kappa shape index (κ2) is 6.93. The second-order valence-electron chi connectivity index (χ2n) is 6.01. The molecule has 1 saturated carbocycles. The summed E-state index contributed by atoms with van der Waals surface area (Å²) in [5.41, 5.74) is 0.857. The molecule has 134 valence electrons. The van der Waals surface area contributed by atoms with Gasteiger partial charge in [-0.05, 0) is 43.5 Å². The Labute approximate surface area is 144 Å². The summed E-state index contributed by atoms with van der Waals surface area (Å²) in [6.07, 6.45) is 2.18. The molecule has 2 aromatic rings. The maximum atomic E-state index is 13.1. The van der Waals surface area contributed by atoms with E-state index in [1.54, 1.807) is 6.07 Å². The van der Waals surface area contributed by atoms with Gasteiger partial charge < -0.3 is 9.84 Å². The Hall–Kier alpha value is -2.26. The third kappa shape index (κ3) is 4.43. The van der Waals surface area contributed by atoms with E-state index in [0.29, 0.717) is 11.6 Å². The molecule has 0 aliphatic heterocycles. The molecule has 1 aliphatic rings. The molecule has 7 nitrogen and oxygen atoms in total. The van der Waals surface area contributed by atoms with E-state index < -0.39 is 28.3 Å². The first kappa shape index (κ1) is 17.6. The number of nitrogens with one attached hydrogen (secondary N) is 2. The molecule has 0 saturated heterocycles. The maximum absolute atomic E-state index is 13.1. The zero-order chi connectivity index (χ0) is 18.0. The third-order valence-electron chi connectivity index (χ3n) is 3.87. The maximum Gasteiger partial charge on any atom is 0.241 e. The van der Waals surface area contributed by atoms with Crippen LogP contribution in [-0.2, 0) is 21.4 Å². The topological polar surface area (TPSA) is 101 Å². The SMILES string of the molecule is Cc1cc(F)ccc1S(=O)(=O)NCC(=O)NCc1cc(C2CC2)on1. The van der Waals surface area contributed by atoms with Gasteiger partial charge in [0.1, 0.15) is 17.3 Å². The summed E-state index contributed by atoms with van der Waals surface area (Å²) in [6, 6.07) is 5.14. The summed E-state index contributed by atoms with van der Waals surface area (Å²) in [4.78, 5) is 11.8. The third-order valence-corrected chi connectivity index (χ3v) is 5.43. The summed E-state index contributed by atoms with van der Waals surface area (Å²) in [6.45, 7) is 1.22. The summed E-state index contributed by atoms with van der Waals surface area (Å²) in [5.74, 6) is 0.228. The Morgan fingerprint density at radius 3 is 2.80 bits per heavy atom. The Balaban J connectivity index is 1.52. The number of halogens is 1. The van der Waals surface area contributed by atoms with E-state index in [4.69, 9.17) is 4.52 Å². The lowest BCUT2D eigenvalue weighted by molar-refractivity contribution is -0.120. The molecule has 1 amide bonds. The zero-order valence-corrected chi connectivity index (χ0v) is 14.4. The Kier molecular flexibility index (Phi) is 4.87. The number of carbonyl (C=O) groups excluding carboxylic acids is 1. The van der Waals surface area contributed by atoms with Crippen LogP contribution < -0.4 is 10.0 Å². The standard InChI is InChI=1S/C16H18FN3O4S/c1-10-6-12(17)4-5-15(10)25(22,23)19-9-16(21)18-8-13-7-14(24-20-13)11-2-3-11/h4-7,11,19H,2-3,8-9H2,1H3,(H,18,21). The van der Waals surface area contributed by atoms with Crippen molar-refractivity contribution in [3.63, 3.8) is 0 Å². The number of carbonyl (C=O) groups is 1. The molecule has 25 heavy (non-hydrogen) atoms. The molecule has 0 spiro atoms. The van der Waals surface area contributed by atoms with Crippen LogP contribution in [0.15, 0.2) is 33.7 Å². The zero-order valence-electron chi connectivity index (χ0n) is 13.6. The van der Waals surface area contributed by atoms with Crippen LogP contribution in [0.1, 0.15) is 35.8 Å². The van der Waals surface area contributed by atoms with Crippen molar-refractivity contribution in [2.24, 2.45) is 0 Å². The van der Waals surface area contributed by atoms with Crippen LogP contribution in [-0.4, -0.2) is 26.0 Å². The lowest BCUT2D eigenvalue weighted by atomic mass is 10.2. The number of aromatic nitrogens is 1. The summed E-state index contributed by atoms with van der Waals surface area (Å²) >= 11 is 0. The number of amides is 1. The largest absolute Gasteiger partial charge is 0.361 e. The minimum Gasteiger partial charge on any atom is -0.361 e. The van der Waals surface area contributed by atoms with Gasteiger partial charge in [0.2, 0.25) is 15.9 Å². The molecule has 9 heteroatoms. The van der Waals surface area contributed by atoms with Crippen LogP contribution >= 0.6 is 0 Å². The molecule has 3 rings (SSSR count). The van der Waals surface area contributed by atoms with Gasteiger partial charge in [0.05, 0.1) is 18.0 Å². The fourth-order valence-corrected chi connectivity index (χ4v) is 3.58. The lowest BCUT2D eigenvalue weighted by Gasteiger charge is -2.09. The van der Waals surface area contributed by atoms with Crippen LogP contribution in [0, 0.1) is 12.7 Å². The number of nitrogens with zero attached hydrogens (tertiary/aromatic N) is 1. The van der Waals surface area contributed by atoms with Crippen molar-refractivity contribution < 1.29 is 22.1 Å². The Morgan fingerprint density at radius 1 is 1.36 bits per heavy atom. The molecule has 0 unspecified atom stereocenters. The molecule has 2 N–H and O–H groups in total. The number of rotatable bonds is 7. The number of aryl methyl sites for hydroxylation is 1. The van der Waals surface area contributed by atoms with Crippen molar-refractivity contribution in [2.75, 3.05) is 6.54 Å². The predicted octanol–water partition coefficient (Wildman–Crippen LogP) is 1.59. The van der Waals surface area contributed by atoms with E-state index in [1.807, 2.05) is 0 Å². The van der Waals surface area contributed by atoms with Gasteiger partial charge in [-0.15, -0.1) is 0 Å². The Morgan fingerprint density at radius 2 is 2.12 bits per heavy atom. The van der Waals surface area contributed by atoms with Gasteiger partial charge in [0, 0.05) is 12.0 Å². The van der Waals surface area contributed by atoms with Gasteiger partial charge in [-0.3, -0.25) is 4.79 Å². The van der Waals surface area contributed by atoms with Crippen molar-refractivity contribution in [2.45, 2.75) is 37.1 Å². The first-order valence-corrected chi connectivity index (χ1v) is 9.31. The molecule has 1 fully saturated rings. The van der Waals surface area contributed by atoms with Crippen LogP contribution in [0.5, 0.6) is 0 Å². The highest BCUT2D eigenvalue weighted by atomic mass is 32.2. The van der Waals surface area contributed by atoms with Gasteiger partial charge in [-0.2, -0.15) is 0 Å². The average molecular weight is 367 g/mol. The van der Waals surface area contributed by atoms with Gasteiger partial charge in [-0.25, -0.2) is 17.5 Å². The fourth-order valence-electron chi connectivity index (χ4n) is 2.38. The van der Waals surface area contributed by atoms with Crippen LogP contribution in [0.4, 0.5) is 4.39 Å². The highest BCUT2D eigenvalue weighted by Gasteiger charge is 2.27. The smallest absolute Gasteiger partial charge is 0.241 e. The predicted molar refractivity (Wildman–Crippen MR) is 86.7 cm³/mol. The summed E-state index contributed by atoms with van der Waals surface area (Å²) in [7, 11) is -3.90. The van der Waals surface area contributed by atoms with Gasteiger partial charge in [0.15, 0.2) is 0 Å². The minimum atomic E-state index is -3.90. The molecular formula is C16H18FN3O4S. The second-order valence-corrected chi connectivity index (χ2v) is 7.74. The average Bonchev–Trinajstić information content (AvgIpc) is 3.29. The van der Waals surface area contributed by atoms with Crippen LogP contribution in [0.2, 0.25) is 0 Å². The van der Waals surface area contributed by atoms with Crippen molar-refractivity contribution in [3.8, 4) is 0 Å². The first-order valence-electron chi connectivity index (χ1n) is 7.83. The molecule has 1 heterocycles. The van der Waals surface area contributed by atoms with Crippen LogP contribution in [0.3, 0.4) is 0 Å². The van der Waals surface area contributed by atoms with Crippen molar-refractivity contribution in [1.82, 2.24) is 15.2 Å². The van der Waals surface area contributed by atoms with Crippen molar-refractivity contribution in [1.29, 1.82) is 0 Å². The van der Waals surface area contributed by atoms with Crippen molar-refractivity contribution in [3.05, 3.63) is 47.1 Å². The quantitative estimate of drug-likeness (QED) is 0.774. The highest BCUT2D eigenvalue weighted by molar-refractivity contribution is 7.89. The number of benzene rings is 1. The minimum absolute atomic E-state index is 0.0627. The lowest BCUT2D eigenvalue weighted by Crippen LogP contribution is -2.36. The molecule has 1 aromatic heterocycles. The molecule has 0 radical (unpaired) electrons. The van der Waals surface area contributed by atoms with Crippen LogP contribution in [0.25, 0.3) is 0 Å². The molecule has 1 aliphatic carbocycles. The van der Waals surface area contributed by atoms with Gasteiger partial charge in [0.25, 0.3) is 0 Å². The fraction of sp³-hybridized carbons (Fsp3) is 0.375. The number of hydrogen-bond donors (Lipinski definition) is 2. The van der Waals surface area contributed by atoms with Gasteiger partial charge in [-0.1, -0.05) is 5.16 Å². The van der Waals surface area contributed by atoms with E-state index in [1.165, 1.54) is 13.0 Å².